The molecule has 1 fully saturated rings. The second-order valence-corrected chi connectivity index (χ2v) is 9.00. The number of amides is 1. The maximum absolute atomic E-state index is 13.3. The number of carbonyl (C=O) groups excluding carboxylic acids is 1. The first kappa shape index (κ1) is 22.6. The molecule has 2 heterocycles. The fourth-order valence-electron chi connectivity index (χ4n) is 4.72. The van der Waals surface area contributed by atoms with Crippen LogP contribution < -0.4 is 5.32 Å². The number of unbranched alkanes of at least 4 members (excludes halogenated alkanes) is 1. The minimum Gasteiger partial charge on any atom is -0.460 e. The van der Waals surface area contributed by atoms with Crippen molar-refractivity contribution in [3.8, 4) is 0 Å². The Labute approximate surface area is 192 Å². The van der Waals surface area contributed by atoms with Crippen LogP contribution in [0.3, 0.4) is 0 Å². The SMILES string of the molecule is CCCCc1oc2ccccc2c1C(=O)NCc1ccccc1CN1CCCCCCC1. The van der Waals surface area contributed by atoms with Gasteiger partial charge < -0.3 is 9.73 Å². The van der Waals surface area contributed by atoms with E-state index in [4.69, 9.17) is 4.42 Å². The Bertz CT molecular complexity index is 1020. The minimum atomic E-state index is -0.0397. The highest BCUT2D eigenvalue weighted by Gasteiger charge is 2.20. The Kier molecular flexibility index (Phi) is 8.00. The van der Waals surface area contributed by atoms with E-state index in [0.29, 0.717) is 12.1 Å². The Morgan fingerprint density at radius 2 is 1.62 bits per heavy atom. The van der Waals surface area contributed by atoms with Crippen LogP contribution in [0.15, 0.2) is 52.9 Å². The molecular weight excluding hydrogens is 396 g/mol. The van der Waals surface area contributed by atoms with Crippen molar-refractivity contribution in [2.45, 2.75) is 71.4 Å². The van der Waals surface area contributed by atoms with Gasteiger partial charge in [0.25, 0.3) is 5.91 Å². The molecule has 2 aromatic carbocycles. The lowest BCUT2D eigenvalue weighted by Crippen LogP contribution is -2.28. The molecule has 1 saturated heterocycles. The molecule has 0 bridgehead atoms. The molecule has 0 unspecified atom stereocenters. The molecule has 4 heteroatoms. The van der Waals surface area contributed by atoms with E-state index >= 15 is 0 Å². The van der Waals surface area contributed by atoms with Gasteiger partial charge in [-0.3, -0.25) is 9.69 Å². The summed E-state index contributed by atoms with van der Waals surface area (Å²) in [5.74, 6) is 0.765. The van der Waals surface area contributed by atoms with Crippen LogP contribution >= 0.6 is 0 Å². The summed E-state index contributed by atoms with van der Waals surface area (Å²) in [6.45, 7) is 5.99. The molecule has 0 spiro atoms. The van der Waals surface area contributed by atoms with Gasteiger partial charge in [-0.05, 0) is 49.5 Å². The third-order valence-electron chi connectivity index (χ3n) is 6.55. The summed E-state index contributed by atoms with van der Waals surface area (Å²) < 4.78 is 6.05. The predicted molar refractivity (Wildman–Crippen MR) is 131 cm³/mol. The molecule has 4 rings (SSSR count). The topological polar surface area (TPSA) is 45.5 Å². The number of likely N-dealkylation sites (tertiary alicyclic amines) is 1. The molecule has 3 aromatic rings. The average Bonchev–Trinajstić information content (AvgIpc) is 3.17. The second kappa shape index (κ2) is 11.3. The zero-order chi connectivity index (χ0) is 22.2. The second-order valence-electron chi connectivity index (χ2n) is 9.00. The summed E-state index contributed by atoms with van der Waals surface area (Å²) in [6, 6.07) is 16.4. The molecule has 1 aliphatic rings. The molecular formula is C28H36N2O2. The van der Waals surface area contributed by atoms with Crippen molar-refractivity contribution in [2.75, 3.05) is 13.1 Å². The lowest BCUT2D eigenvalue weighted by atomic mass is 10.0. The molecule has 32 heavy (non-hydrogen) atoms. The van der Waals surface area contributed by atoms with Gasteiger partial charge in [0.05, 0.1) is 5.56 Å². The fourth-order valence-corrected chi connectivity index (χ4v) is 4.72. The van der Waals surface area contributed by atoms with Gasteiger partial charge in [0.15, 0.2) is 0 Å². The van der Waals surface area contributed by atoms with Gasteiger partial charge in [-0.1, -0.05) is 75.1 Å². The molecule has 0 aliphatic carbocycles. The lowest BCUT2D eigenvalue weighted by Gasteiger charge is -2.25. The van der Waals surface area contributed by atoms with Gasteiger partial charge >= 0.3 is 0 Å². The summed E-state index contributed by atoms with van der Waals surface area (Å²) in [7, 11) is 0. The van der Waals surface area contributed by atoms with Crippen LogP contribution in [-0.2, 0) is 19.5 Å². The largest absolute Gasteiger partial charge is 0.460 e. The van der Waals surface area contributed by atoms with Crippen molar-refractivity contribution in [3.05, 3.63) is 71.0 Å². The number of benzene rings is 2. The van der Waals surface area contributed by atoms with Crippen LogP contribution in [0.5, 0.6) is 0 Å². The Balaban J connectivity index is 1.48. The number of fused-ring (bicyclic) bond motifs is 1. The van der Waals surface area contributed by atoms with Crippen molar-refractivity contribution in [2.24, 2.45) is 0 Å². The number of aryl methyl sites for hydroxylation is 1. The average molecular weight is 433 g/mol. The van der Waals surface area contributed by atoms with Crippen LogP contribution in [0.2, 0.25) is 0 Å². The maximum atomic E-state index is 13.3. The first-order valence-electron chi connectivity index (χ1n) is 12.3. The van der Waals surface area contributed by atoms with Crippen molar-refractivity contribution >= 4 is 16.9 Å². The van der Waals surface area contributed by atoms with E-state index < -0.39 is 0 Å². The van der Waals surface area contributed by atoms with Gasteiger partial charge in [0.2, 0.25) is 0 Å². The third kappa shape index (κ3) is 5.60. The number of nitrogens with one attached hydrogen (secondary N) is 1. The van der Waals surface area contributed by atoms with Gasteiger partial charge in [-0.2, -0.15) is 0 Å². The number of hydrogen-bond donors (Lipinski definition) is 1. The quantitative estimate of drug-likeness (QED) is 0.443. The van der Waals surface area contributed by atoms with Crippen molar-refractivity contribution < 1.29 is 9.21 Å². The summed E-state index contributed by atoms with van der Waals surface area (Å²) in [4.78, 5) is 15.9. The molecule has 170 valence electrons. The van der Waals surface area contributed by atoms with E-state index in [1.807, 2.05) is 24.3 Å². The van der Waals surface area contributed by atoms with Crippen LogP contribution in [0, 0.1) is 0 Å². The Hall–Kier alpha value is -2.59. The van der Waals surface area contributed by atoms with E-state index in [9.17, 15) is 4.79 Å². The van der Waals surface area contributed by atoms with Crippen molar-refractivity contribution in [1.29, 1.82) is 0 Å². The van der Waals surface area contributed by atoms with E-state index in [1.54, 1.807) is 0 Å². The fraction of sp³-hybridized carbons (Fsp3) is 0.464. The number of furan rings is 1. The monoisotopic (exact) mass is 432 g/mol. The van der Waals surface area contributed by atoms with Gasteiger partial charge in [-0.15, -0.1) is 0 Å². The van der Waals surface area contributed by atoms with Gasteiger partial charge in [-0.25, -0.2) is 0 Å². The molecule has 0 atom stereocenters. The predicted octanol–water partition coefficient (Wildman–Crippen LogP) is 6.47. The van der Waals surface area contributed by atoms with Crippen LogP contribution in [0.4, 0.5) is 0 Å². The van der Waals surface area contributed by atoms with Crippen LogP contribution in [0.25, 0.3) is 11.0 Å². The lowest BCUT2D eigenvalue weighted by molar-refractivity contribution is 0.0950. The molecule has 1 N–H and O–H groups in total. The molecule has 0 saturated carbocycles. The number of hydrogen-bond acceptors (Lipinski definition) is 3. The normalized spacial score (nSPS) is 15.4. The zero-order valence-corrected chi connectivity index (χ0v) is 19.4. The molecule has 1 aliphatic heterocycles. The van der Waals surface area contributed by atoms with Crippen LogP contribution in [0.1, 0.15) is 79.1 Å². The third-order valence-corrected chi connectivity index (χ3v) is 6.55. The van der Waals surface area contributed by atoms with Crippen molar-refractivity contribution in [1.82, 2.24) is 10.2 Å². The van der Waals surface area contributed by atoms with E-state index in [1.165, 1.54) is 56.3 Å². The van der Waals surface area contributed by atoms with E-state index in [2.05, 4.69) is 41.4 Å². The minimum absolute atomic E-state index is 0.0397. The molecule has 1 amide bonds. The first-order chi connectivity index (χ1) is 15.8. The van der Waals surface area contributed by atoms with Crippen LogP contribution in [-0.4, -0.2) is 23.9 Å². The van der Waals surface area contributed by atoms with Gasteiger partial charge in [0.1, 0.15) is 11.3 Å². The highest BCUT2D eigenvalue weighted by atomic mass is 16.3. The number of nitrogens with zero attached hydrogens (tertiary/aromatic N) is 1. The van der Waals surface area contributed by atoms with Crippen molar-refractivity contribution in [3.63, 3.8) is 0 Å². The highest BCUT2D eigenvalue weighted by molar-refractivity contribution is 6.07. The molecule has 1 aromatic heterocycles. The summed E-state index contributed by atoms with van der Waals surface area (Å²) >= 11 is 0. The zero-order valence-electron chi connectivity index (χ0n) is 19.4. The summed E-state index contributed by atoms with van der Waals surface area (Å²) in [5.41, 5.74) is 4.01. The standard InChI is InChI=1S/C28H36N2O2/c1-2-3-16-26-27(24-15-9-10-17-25(24)32-26)28(31)29-20-22-13-7-8-14-23(22)21-30-18-11-5-4-6-12-19-30/h7-10,13-15,17H,2-6,11-12,16,18-21H2,1H3,(H,29,31). The van der Waals surface area contributed by atoms with E-state index in [0.717, 1.165) is 42.5 Å². The Morgan fingerprint density at radius 3 is 2.41 bits per heavy atom. The van der Waals surface area contributed by atoms with E-state index in [-0.39, 0.29) is 5.91 Å². The molecule has 4 nitrogen and oxygen atoms in total. The van der Waals surface area contributed by atoms with Gasteiger partial charge in [0, 0.05) is 24.9 Å². The summed E-state index contributed by atoms with van der Waals surface area (Å²) in [6.07, 6.45) is 9.50. The summed E-state index contributed by atoms with van der Waals surface area (Å²) in [5, 5.41) is 4.10. The Morgan fingerprint density at radius 1 is 0.938 bits per heavy atom. The smallest absolute Gasteiger partial charge is 0.255 e. The maximum Gasteiger partial charge on any atom is 0.255 e. The number of rotatable bonds is 8. The highest BCUT2D eigenvalue weighted by Crippen LogP contribution is 2.27. The molecule has 0 radical (unpaired) electrons. The first-order valence-corrected chi connectivity index (χ1v) is 12.3. The number of carbonyl (C=O) groups is 1. The number of para-hydroxylation sites is 1.